The van der Waals surface area contributed by atoms with Gasteiger partial charge in [0.25, 0.3) is 0 Å². The fraction of sp³-hybridized carbons (Fsp3) is 0.188. The number of aromatic amines is 2. The fourth-order valence-electron chi connectivity index (χ4n) is 5.14. The predicted molar refractivity (Wildman–Crippen MR) is 167 cm³/mol. The first-order valence-electron chi connectivity index (χ1n) is 13.1. The molecule has 0 radical (unpaired) electrons. The summed E-state index contributed by atoms with van der Waals surface area (Å²) >= 11 is 12.5. The van der Waals surface area contributed by atoms with Crippen LogP contribution >= 0.6 is 23.2 Å². The lowest BCUT2D eigenvalue weighted by Crippen LogP contribution is -2.51. The molecule has 0 atom stereocenters. The Morgan fingerprint density at radius 3 is 1.62 bits per heavy atom. The number of halogens is 2. The molecule has 0 saturated heterocycles. The van der Waals surface area contributed by atoms with Crippen molar-refractivity contribution in [3.8, 4) is 22.8 Å². The molecule has 4 N–H and O–H groups in total. The average Bonchev–Trinajstić information content (AvgIpc) is 3.52. The number of benzene rings is 4. The van der Waals surface area contributed by atoms with E-state index in [9.17, 15) is 0 Å². The molecule has 0 aliphatic rings. The minimum atomic E-state index is -0.580. The third kappa shape index (κ3) is 5.06. The highest BCUT2D eigenvalue weighted by molar-refractivity contribution is 6.31. The normalized spacial score (nSPS) is 12.0. The number of anilines is 1. The quantitative estimate of drug-likeness (QED) is 0.176. The Kier molecular flexibility index (Phi) is 6.57. The van der Waals surface area contributed by atoms with Crippen LogP contribution in [0.5, 0.6) is 0 Å². The highest BCUT2D eigenvalue weighted by Gasteiger charge is 2.23. The van der Waals surface area contributed by atoms with Crippen molar-refractivity contribution in [1.29, 1.82) is 0 Å². The molecule has 0 spiro atoms. The summed E-state index contributed by atoms with van der Waals surface area (Å²) in [5.41, 5.74) is 16.1. The molecule has 0 fully saturated rings. The largest absolute Gasteiger partial charge is 0.350 e. The van der Waals surface area contributed by atoms with Crippen molar-refractivity contribution in [2.45, 2.75) is 39.9 Å². The summed E-state index contributed by atoms with van der Waals surface area (Å²) in [6.45, 7) is 8.72. The first-order valence-corrected chi connectivity index (χ1v) is 13.9. The van der Waals surface area contributed by atoms with E-state index < -0.39 is 5.66 Å². The number of H-pyrrole nitrogens is 2. The van der Waals surface area contributed by atoms with Crippen molar-refractivity contribution in [2.75, 3.05) is 4.90 Å². The standard InChI is InChI=1S/C32H30Cl2N6/c1-18-13-23(33)15-26-28(18)38-30(36-26)21-7-5-20(6-8-21)17-40(32(3,4)35)25-11-9-22(10-12-25)31-37-27-16-24(34)14-19(2)29(27)39-31/h5-16H,17,35H2,1-4H3,(H,36,38)(H,37,39). The molecule has 2 heterocycles. The number of nitrogens with one attached hydrogen (secondary N) is 2. The van der Waals surface area contributed by atoms with E-state index in [4.69, 9.17) is 38.9 Å². The molecule has 202 valence electrons. The average molecular weight is 570 g/mol. The zero-order chi connectivity index (χ0) is 28.2. The second kappa shape index (κ2) is 9.97. The Bertz CT molecular complexity index is 1840. The maximum atomic E-state index is 6.65. The molecule has 0 saturated carbocycles. The van der Waals surface area contributed by atoms with Gasteiger partial charge in [0.1, 0.15) is 11.6 Å². The molecule has 0 unspecified atom stereocenters. The maximum absolute atomic E-state index is 6.65. The first-order chi connectivity index (χ1) is 19.0. The van der Waals surface area contributed by atoms with Crippen LogP contribution in [-0.4, -0.2) is 25.6 Å². The molecule has 0 aliphatic carbocycles. The van der Waals surface area contributed by atoms with Gasteiger partial charge in [-0.05, 0) is 92.9 Å². The summed E-state index contributed by atoms with van der Waals surface area (Å²) < 4.78 is 0. The van der Waals surface area contributed by atoms with Gasteiger partial charge in [0, 0.05) is 33.4 Å². The van der Waals surface area contributed by atoms with Crippen molar-refractivity contribution in [1.82, 2.24) is 19.9 Å². The van der Waals surface area contributed by atoms with Crippen LogP contribution in [0.25, 0.3) is 44.8 Å². The molecule has 0 aliphatic heterocycles. The lowest BCUT2D eigenvalue weighted by atomic mass is 10.1. The van der Waals surface area contributed by atoms with Crippen molar-refractivity contribution in [2.24, 2.45) is 5.73 Å². The Labute approximate surface area is 243 Å². The maximum Gasteiger partial charge on any atom is 0.138 e. The zero-order valence-electron chi connectivity index (χ0n) is 22.8. The fourth-order valence-corrected chi connectivity index (χ4v) is 5.69. The van der Waals surface area contributed by atoms with Gasteiger partial charge in [0.05, 0.1) is 27.7 Å². The van der Waals surface area contributed by atoms with Crippen LogP contribution in [0.15, 0.2) is 72.8 Å². The molecule has 2 aromatic heterocycles. The number of nitrogens with two attached hydrogens (primary N) is 1. The van der Waals surface area contributed by atoms with Gasteiger partial charge in [-0.25, -0.2) is 9.97 Å². The van der Waals surface area contributed by atoms with Crippen LogP contribution in [0.2, 0.25) is 10.0 Å². The predicted octanol–water partition coefficient (Wildman–Crippen LogP) is 8.40. The van der Waals surface area contributed by atoms with E-state index >= 15 is 0 Å². The van der Waals surface area contributed by atoms with Crippen LogP contribution in [0.4, 0.5) is 5.69 Å². The SMILES string of the molecule is Cc1cc(Cl)cc2[nH]c(-c3ccc(CN(c4ccc(-c5nc6c(C)cc(Cl)cc6[nH]5)cc4)C(C)(C)N)cc3)nc12. The topological polar surface area (TPSA) is 86.6 Å². The van der Waals surface area contributed by atoms with Crippen molar-refractivity contribution in [3.63, 3.8) is 0 Å². The molecule has 6 aromatic rings. The van der Waals surface area contributed by atoms with E-state index in [1.54, 1.807) is 0 Å². The number of rotatable bonds is 6. The van der Waals surface area contributed by atoms with Crippen LogP contribution < -0.4 is 10.6 Å². The molecule has 40 heavy (non-hydrogen) atoms. The van der Waals surface area contributed by atoms with E-state index in [0.717, 1.165) is 67.2 Å². The third-order valence-corrected chi connectivity index (χ3v) is 7.64. The molecular weight excluding hydrogens is 539 g/mol. The number of aryl methyl sites for hydroxylation is 2. The minimum Gasteiger partial charge on any atom is -0.350 e. The van der Waals surface area contributed by atoms with Gasteiger partial charge in [0.2, 0.25) is 0 Å². The Hall–Kier alpha value is -3.84. The molecular formula is C32H30Cl2N6. The monoisotopic (exact) mass is 568 g/mol. The highest BCUT2D eigenvalue weighted by atomic mass is 35.5. The van der Waals surface area contributed by atoms with Gasteiger partial charge in [-0.1, -0.05) is 47.5 Å². The summed E-state index contributed by atoms with van der Waals surface area (Å²) in [5, 5.41) is 1.40. The summed E-state index contributed by atoms with van der Waals surface area (Å²) in [6, 6.07) is 24.4. The van der Waals surface area contributed by atoms with E-state index in [2.05, 4.69) is 63.4 Å². The van der Waals surface area contributed by atoms with Crippen LogP contribution in [0, 0.1) is 13.8 Å². The summed E-state index contributed by atoms with van der Waals surface area (Å²) in [5.74, 6) is 1.63. The second-order valence-corrected chi connectivity index (χ2v) is 11.8. The van der Waals surface area contributed by atoms with Crippen molar-refractivity contribution < 1.29 is 0 Å². The lowest BCUT2D eigenvalue weighted by molar-refractivity contribution is 0.475. The first kappa shape index (κ1) is 26.4. The molecule has 4 aromatic carbocycles. The van der Waals surface area contributed by atoms with E-state index in [0.29, 0.717) is 16.6 Å². The van der Waals surface area contributed by atoms with Crippen LogP contribution in [0.1, 0.15) is 30.5 Å². The highest BCUT2D eigenvalue weighted by Crippen LogP contribution is 2.30. The van der Waals surface area contributed by atoms with Gasteiger partial charge < -0.3 is 20.6 Å². The van der Waals surface area contributed by atoms with E-state index in [1.165, 1.54) is 0 Å². The molecule has 8 heteroatoms. The van der Waals surface area contributed by atoms with Gasteiger partial charge in [-0.2, -0.15) is 0 Å². The lowest BCUT2D eigenvalue weighted by Gasteiger charge is -2.37. The molecule has 6 nitrogen and oxygen atoms in total. The molecule has 6 rings (SSSR count). The summed E-state index contributed by atoms with van der Waals surface area (Å²) in [4.78, 5) is 18.6. The summed E-state index contributed by atoms with van der Waals surface area (Å²) in [6.07, 6.45) is 0. The zero-order valence-corrected chi connectivity index (χ0v) is 24.3. The number of hydrogen-bond donors (Lipinski definition) is 3. The Morgan fingerprint density at radius 1 is 0.725 bits per heavy atom. The molecule has 0 bridgehead atoms. The van der Waals surface area contributed by atoms with Crippen LogP contribution in [-0.2, 0) is 6.54 Å². The van der Waals surface area contributed by atoms with Gasteiger partial charge in [-0.15, -0.1) is 0 Å². The molecule has 0 amide bonds. The number of hydrogen-bond acceptors (Lipinski definition) is 4. The van der Waals surface area contributed by atoms with Gasteiger partial charge in [0.15, 0.2) is 0 Å². The smallest absolute Gasteiger partial charge is 0.138 e. The minimum absolute atomic E-state index is 0.580. The summed E-state index contributed by atoms with van der Waals surface area (Å²) in [7, 11) is 0. The van der Waals surface area contributed by atoms with Crippen LogP contribution in [0.3, 0.4) is 0 Å². The number of aromatic nitrogens is 4. The Balaban J connectivity index is 1.25. The second-order valence-electron chi connectivity index (χ2n) is 10.9. The van der Waals surface area contributed by atoms with Gasteiger partial charge >= 0.3 is 0 Å². The number of nitrogens with zero attached hydrogens (tertiary/aromatic N) is 3. The van der Waals surface area contributed by atoms with E-state index in [1.807, 2.05) is 52.0 Å². The van der Waals surface area contributed by atoms with E-state index in [-0.39, 0.29) is 0 Å². The van der Waals surface area contributed by atoms with Crippen molar-refractivity contribution in [3.05, 3.63) is 99.5 Å². The number of fused-ring (bicyclic) bond motifs is 2. The third-order valence-electron chi connectivity index (χ3n) is 7.20. The van der Waals surface area contributed by atoms with Gasteiger partial charge in [-0.3, -0.25) is 0 Å². The number of imidazole rings is 2. The Morgan fingerprint density at radius 2 is 1.18 bits per heavy atom. The van der Waals surface area contributed by atoms with Crippen molar-refractivity contribution >= 4 is 51.0 Å².